The second-order valence-electron chi connectivity index (χ2n) is 6.17. The Hall–Kier alpha value is -2.45. The summed E-state index contributed by atoms with van der Waals surface area (Å²) in [5.74, 6) is 1.04. The van der Waals surface area contributed by atoms with Gasteiger partial charge in [-0.1, -0.05) is 11.6 Å². The first-order valence-electron chi connectivity index (χ1n) is 8.36. The second-order valence-corrected chi connectivity index (χ2v) is 7.46. The van der Waals surface area contributed by atoms with Gasteiger partial charge >= 0.3 is 0 Å². The standard InChI is InChI=1S/C18H15BrClN5O2/c19-15-9-12(20)3-8-16(15)27-10-17(26)21-13-4-1-11(2-5-13)18-22-23-24-25(18)14-6-7-14/h1-5,8-9,14H,6-7,10H2,(H,21,26). The third kappa shape index (κ3) is 4.28. The van der Waals surface area contributed by atoms with Crippen LogP contribution in [-0.4, -0.2) is 32.7 Å². The number of carbonyl (C=O) groups excluding carboxylic acids is 1. The number of aromatic nitrogens is 4. The molecule has 7 nitrogen and oxygen atoms in total. The van der Waals surface area contributed by atoms with Gasteiger partial charge in [0, 0.05) is 16.3 Å². The molecule has 0 atom stereocenters. The molecule has 0 spiro atoms. The zero-order valence-corrected chi connectivity index (χ0v) is 16.4. The van der Waals surface area contributed by atoms with Crippen molar-refractivity contribution in [3.05, 3.63) is 52.0 Å². The van der Waals surface area contributed by atoms with E-state index in [0.717, 1.165) is 24.2 Å². The monoisotopic (exact) mass is 447 g/mol. The largest absolute Gasteiger partial charge is 0.483 e. The number of carbonyl (C=O) groups is 1. The van der Waals surface area contributed by atoms with Crippen molar-refractivity contribution < 1.29 is 9.53 Å². The number of rotatable bonds is 6. The third-order valence-electron chi connectivity index (χ3n) is 4.07. The summed E-state index contributed by atoms with van der Waals surface area (Å²) in [5, 5.41) is 15.3. The van der Waals surface area contributed by atoms with E-state index in [0.29, 0.717) is 27.0 Å². The molecule has 1 aliphatic rings. The van der Waals surface area contributed by atoms with E-state index in [2.05, 4.69) is 36.8 Å². The smallest absolute Gasteiger partial charge is 0.262 e. The van der Waals surface area contributed by atoms with Crippen molar-refractivity contribution in [2.24, 2.45) is 0 Å². The van der Waals surface area contributed by atoms with Gasteiger partial charge in [0.1, 0.15) is 5.75 Å². The highest BCUT2D eigenvalue weighted by molar-refractivity contribution is 9.10. The van der Waals surface area contributed by atoms with Crippen molar-refractivity contribution in [1.29, 1.82) is 0 Å². The highest BCUT2D eigenvalue weighted by Crippen LogP contribution is 2.36. The Balaban J connectivity index is 1.36. The van der Waals surface area contributed by atoms with Gasteiger partial charge in [-0.25, -0.2) is 4.68 Å². The van der Waals surface area contributed by atoms with E-state index in [9.17, 15) is 4.79 Å². The van der Waals surface area contributed by atoms with Crippen LogP contribution in [0.3, 0.4) is 0 Å². The normalized spacial score (nSPS) is 13.4. The van der Waals surface area contributed by atoms with Crippen LogP contribution in [0.2, 0.25) is 5.02 Å². The van der Waals surface area contributed by atoms with E-state index >= 15 is 0 Å². The molecule has 1 N–H and O–H groups in total. The number of hydrogen-bond donors (Lipinski definition) is 1. The molecule has 0 unspecified atom stereocenters. The number of halogens is 2. The van der Waals surface area contributed by atoms with Crippen LogP contribution in [-0.2, 0) is 4.79 Å². The van der Waals surface area contributed by atoms with Crippen LogP contribution in [0.15, 0.2) is 46.9 Å². The van der Waals surface area contributed by atoms with Crippen LogP contribution in [0.1, 0.15) is 18.9 Å². The lowest BCUT2D eigenvalue weighted by Gasteiger charge is -2.09. The molecule has 9 heteroatoms. The fraction of sp³-hybridized carbons (Fsp3) is 0.222. The number of benzene rings is 2. The van der Waals surface area contributed by atoms with Crippen molar-refractivity contribution in [2.75, 3.05) is 11.9 Å². The molecule has 138 valence electrons. The molecular weight excluding hydrogens is 434 g/mol. The Labute approximate surface area is 168 Å². The summed E-state index contributed by atoms with van der Waals surface area (Å²) in [6, 6.07) is 12.9. The van der Waals surface area contributed by atoms with Crippen LogP contribution >= 0.6 is 27.5 Å². The van der Waals surface area contributed by atoms with E-state index in [1.165, 1.54) is 0 Å². The van der Waals surface area contributed by atoms with Crippen LogP contribution < -0.4 is 10.1 Å². The molecule has 1 aromatic heterocycles. The zero-order valence-electron chi connectivity index (χ0n) is 14.1. The van der Waals surface area contributed by atoms with E-state index in [-0.39, 0.29) is 12.5 Å². The summed E-state index contributed by atoms with van der Waals surface area (Å²) >= 11 is 9.24. The minimum absolute atomic E-state index is 0.109. The molecule has 0 saturated heterocycles. The Bertz CT molecular complexity index is 972. The van der Waals surface area contributed by atoms with Gasteiger partial charge in [-0.3, -0.25) is 4.79 Å². The van der Waals surface area contributed by atoms with Gasteiger partial charge in [0.05, 0.1) is 10.5 Å². The van der Waals surface area contributed by atoms with Crippen LogP contribution in [0.25, 0.3) is 11.4 Å². The predicted octanol–water partition coefficient (Wildman–Crippen LogP) is 4.11. The SMILES string of the molecule is O=C(COc1ccc(Cl)cc1Br)Nc1ccc(-c2nnnn2C2CC2)cc1. The molecule has 1 aliphatic carbocycles. The van der Waals surface area contributed by atoms with Crippen molar-refractivity contribution in [3.8, 4) is 17.1 Å². The fourth-order valence-corrected chi connectivity index (χ4v) is 3.38. The quantitative estimate of drug-likeness (QED) is 0.614. The molecule has 4 rings (SSSR count). The summed E-state index contributed by atoms with van der Waals surface area (Å²) < 4.78 is 8.06. The molecule has 1 heterocycles. The third-order valence-corrected chi connectivity index (χ3v) is 4.92. The van der Waals surface area contributed by atoms with E-state index in [4.69, 9.17) is 16.3 Å². The first kappa shape index (κ1) is 17.9. The number of hydrogen-bond acceptors (Lipinski definition) is 5. The number of ether oxygens (including phenoxy) is 1. The van der Waals surface area contributed by atoms with Crippen LogP contribution in [0.5, 0.6) is 5.75 Å². The summed E-state index contributed by atoms with van der Waals surface area (Å²) in [5.41, 5.74) is 1.58. The number of nitrogens with one attached hydrogen (secondary N) is 1. The minimum Gasteiger partial charge on any atom is -0.483 e. The van der Waals surface area contributed by atoms with Crippen LogP contribution in [0, 0.1) is 0 Å². The van der Waals surface area contributed by atoms with Gasteiger partial charge < -0.3 is 10.1 Å². The predicted molar refractivity (Wildman–Crippen MR) is 105 cm³/mol. The molecule has 1 amide bonds. The van der Waals surface area contributed by atoms with Crippen molar-refractivity contribution in [3.63, 3.8) is 0 Å². The molecule has 0 radical (unpaired) electrons. The van der Waals surface area contributed by atoms with E-state index < -0.39 is 0 Å². The summed E-state index contributed by atoms with van der Waals surface area (Å²) in [6.45, 7) is -0.109. The number of anilines is 1. The summed E-state index contributed by atoms with van der Waals surface area (Å²) in [4.78, 5) is 12.1. The van der Waals surface area contributed by atoms with Crippen molar-refractivity contribution in [1.82, 2.24) is 20.2 Å². The molecule has 0 bridgehead atoms. The molecule has 1 fully saturated rings. The van der Waals surface area contributed by atoms with Gasteiger partial charge in [-0.15, -0.1) is 5.10 Å². The lowest BCUT2D eigenvalue weighted by molar-refractivity contribution is -0.118. The Morgan fingerprint density at radius 2 is 2.04 bits per heavy atom. The van der Waals surface area contributed by atoms with Gasteiger partial charge in [-0.2, -0.15) is 0 Å². The summed E-state index contributed by atoms with van der Waals surface area (Å²) in [7, 11) is 0. The Morgan fingerprint density at radius 3 is 2.74 bits per heavy atom. The molecule has 0 aliphatic heterocycles. The first-order valence-corrected chi connectivity index (χ1v) is 9.53. The summed E-state index contributed by atoms with van der Waals surface area (Å²) in [6.07, 6.45) is 2.21. The van der Waals surface area contributed by atoms with Gasteiger partial charge in [0.15, 0.2) is 12.4 Å². The van der Waals surface area contributed by atoms with Gasteiger partial charge in [-0.05, 0) is 81.7 Å². The second kappa shape index (κ2) is 7.66. The highest BCUT2D eigenvalue weighted by atomic mass is 79.9. The maximum atomic E-state index is 12.1. The lowest BCUT2D eigenvalue weighted by atomic mass is 10.2. The van der Waals surface area contributed by atoms with Gasteiger partial charge in [0.2, 0.25) is 0 Å². The molecule has 1 saturated carbocycles. The number of tetrazole rings is 1. The molecular formula is C18H15BrClN5O2. The first-order chi connectivity index (χ1) is 13.1. The zero-order chi connectivity index (χ0) is 18.8. The van der Waals surface area contributed by atoms with E-state index in [1.54, 1.807) is 18.2 Å². The minimum atomic E-state index is -0.257. The van der Waals surface area contributed by atoms with E-state index in [1.807, 2.05) is 28.9 Å². The maximum Gasteiger partial charge on any atom is 0.262 e. The van der Waals surface area contributed by atoms with Gasteiger partial charge in [0.25, 0.3) is 5.91 Å². The van der Waals surface area contributed by atoms with Crippen molar-refractivity contribution in [2.45, 2.75) is 18.9 Å². The topological polar surface area (TPSA) is 81.9 Å². The fourth-order valence-electron chi connectivity index (χ4n) is 2.58. The Kier molecular flexibility index (Phi) is 5.09. The number of amides is 1. The Morgan fingerprint density at radius 1 is 1.26 bits per heavy atom. The highest BCUT2D eigenvalue weighted by Gasteiger charge is 2.28. The van der Waals surface area contributed by atoms with Crippen molar-refractivity contribution >= 4 is 39.1 Å². The molecule has 2 aromatic carbocycles. The molecule has 27 heavy (non-hydrogen) atoms. The number of nitrogens with zero attached hydrogens (tertiary/aromatic N) is 4. The average molecular weight is 449 g/mol. The maximum absolute atomic E-state index is 12.1. The van der Waals surface area contributed by atoms with Crippen LogP contribution in [0.4, 0.5) is 5.69 Å². The molecule has 3 aromatic rings. The average Bonchev–Trinajstić information content (AvgIpc) is 3.38. The lowest BCUT2D eigenvalue weighted by Crippen LogP contribution is -2.20.